The lowest BCUT2D eigenvalue weighted by Crippen LogP contribution is -2.29. The van der Waals surface area contributed by atoms with Crippen molar-refractivity contribution in [2.24, 2.45) is 0 Å². The first-order valence-electron chi connectivity index (χ1n) is 7.37. The molecule has 118 valence electrons. The number of rotatable bonds is 7. The second kappa shape index (κ2) is 7.52. The third-order valence-electron chi connectivity index (χ3n) is 4.12. The number of aliphatic hydroxyl groups excluding tert-OH is 1. The summed E-state index contributed by atoms with van der Waals surface area (Å²) in [6, 6.07) is 4.30. The van der Waals surface area contributed by atoms with Crippen LogP contribution in [0.2, 0.25) is 0 Å². The molecule has 1 aliphatic rings. The Kier molecular flexibility index (Phi) is 5.70. The van der Waals surface area contributed by atoms with Gasteiger partial charge in [0, 0.05) is 30.8 Å². The van der Waals surface area contributed by atoms with Crippen LogP contribution in [0.1, 0.15) is 24.8 Å². The standard InChI is InChI=1S/C16H25NO4/c1-19-14-10-16(21-3)15(20-2)9-12(14)11-17-7-4-5-13(17)6-8-18/h9-10,13,18H,4-8,11H2,1-3H3/t13-/m1/s1. The van der Waals surface area contributed by atoms with Crippen molar-refractivity contribution in [2.75, 3.05) is 34.5 Å². The number of hydrogen-bond acceptors (Lipinski definition) is 5. The number of likely N-dealkylation sites (tertiary alicyclic amines) is 1. The van der Waals surface area contributed by atoms with E-state index in [-0.39, 0.29) is 6.61 Å². The van der Waals surface area contributed by atoms with Crippen LogP contribution in [0, 0.1) is 0 Å². The van der Waals surface area contributed by atoms with Crippen LogP contribution < -0.4 is 14.2 Å². The molecule has 0 unspecified atom stereocenters. The number of hydrogen-bond donors (Lipinski definition) is 1. The van der Waals surface area contributed by atoms with Gasteiger partial charge in [0.1, 0.15) is 5.75 Å². The lowest BCUT2D eigenvalue weighted by molar-refractivity contribution is 0.188. The summed E-state index contributed by atoms with van der Waals surface area (Å²) in [6.45, 7) is 2.10. The predicted octanol–water partition coefficient (Wildman–Crippen LogP) is 2.06. The van der Waals surface area contributed by atoms with Crippen molar-refractivity contribution in [3.8, 4) is 17.2 Å². The van der Waals surface area contributed by atoms with Gasteiger partial charge in [-0.15, -0.1) is 0 Å². The molecule has 1 atom stereocenters. The Labute approximate surface area is 126 Å². The maximum Gasteiger partial charge on any atom is 0.164 e. The van der Waals surface area contributed by atoms with E-state index in [1.54, 1.807) is 21.3 Å². The summed E-state index contributed by atoms with van der Waals surface area (Å²) in [7, 11) is 4.92. The fraction of sp³-hybridized carbons (Fsp3) is 0.625. The van der Waals surface area contributed by atoms with Crippen molar-refractivity contribution in [3.05, 3.63) is 17.7 Å². The molecule has 1 aliphatic heterocycles. The zero-order valence-electron chi connectivity index (χ0n) is 13.1. The van der Waals surface area contributed by atoms with Crippen LogP contribution in [0.4, 0.5) is 0 Å². The summed E-state index contributed by atoms with van der Waals surface area (Å²) in [6.07, 6.45) is 3.16. The van der Waals surface area contributed by atoms with E-state index in [9.17, 15) is 5.11 Å². The zero-order chi connectivity index (χ0) is 15.2. The second-order valence-electron chi connectivity index (χ2n) is 5.30. The minimum absolute atomic E-state index is 0.240. The van der Waals surface area contributed by atoms with Crippen molar-refractivity contribution >= 4 is 0 Å². The van der Waals surface area contributed by atoms with E-state index < -0.39 is 0 Å². The van der Waals surface area contributed by atoms with Crippen LogP contribution in [-0.4, -0.2) is 50.5 Å². The first-order valence-corrected chi connectivity index (χ1v) is 7.37. The van der Waals surface area contributed by atoms with Crippen molar-refractivity contribution < 1.29 is 19.3 Å². The van der Waals surface area contributed by atoms with E-state index in [1.807, 2.05) is 12.1 Å². The molecule has 1 aromatic carbocycles. The van der Waals surface area contributed by atoms with Crippen LogP contribution in [0.25, 0.3) is 0 Å². The van der Waals surface area contributed by atoms with E-state index in [0.717, 1.165) is 37.2 Å². The highest BCUT2D eigenvalue weighted by molar-refractivity contribution is 5.50. The number of benzene rings is 1. The van der Waals surface area contributed by atoms with Crippen molar-refractivity contribution in [1.82, 2.24) is 4.90 Å². The van der Waals surface area contributed by atoms with Crippen molar-refractivity contribution in [1.29, 1.82) is 0 Å². The average molecular weight is 295 g/mol. The molecule has 5 heteroatoms. The van der Waals surface area contributed by atoms with Gasteiger partial charge in [0.2, 0.25) is 0 Å². The lowest BCUT2D eigenvalue weighted by atomic mass is 10.1. The molecular formula is C16H25NO4. The van der Waals surface area contributed by atoms with E-state index in [1.165, 1.54) is 6.42 Å². The number of methoxy groups -OCH3 is 3. The molecule has 0 saturated carbocycles. The van der Waals surface area contributed by atoms with E-state index in [0.29, 0.717) is 17.5 Å². The summed E-state index contributed by atoms with van der Waals surface area (Å²) in [5, 5.41) is 9.17. The largest absolute Gasteiger partial charge is 0.496 e. The van der Waals surface area contributed by atoms with Gasteiger partial charge in [0.15, 0.2) is 11.5 Å². The SMILES string of the molecule is COc1cc(OC)c(OC)cc1CN1CCC[C@@H]1CCO. The van der Waals surface area contributed by atoms with Crippen LogP contribution in [0.3, 0.4) is 0 Å². The molecule has 2 rings (SSSR count). The fourth-order valence-corrected chi connectivity index (χ4v) is 3.01. The second-order valence-corrected chi connectivity index (χ2v) is 5.30. The Morgan fingerprint density at radius 3 is 2.38 bits per heavy atom. The van der Waals surface area contributed by atoms with Gasteiger partial charge >= 0.3 is 0 Å². The van der Waals surface area contributed by atoms with Crippen molar-refractivity contribution in [2.45, 2.75) is 31.8 Å². The van der Waals surface area contributed by atoms with Gasteiger partial charge in [-0.25, -0.2) is 0 Å². The molecule has 0 radical (unpaired) electrons. The molecule has 5 nitrogen and oxygen atoms in total. The molecule has 0 amide bonds. The molecule has 0 aliphatic carbocycles. The normalized spacial score (nSPS) is 18.8. The fourth-order valence-electron chi connectivity index (χ4n) is 3.01. The molecule has 0 spiro atoms. The smallest absolute Gasteiger partial charge is 0.164 e. The quantitative estimate of drug-likeness (QED) is 0.834. The number of nitrogens with zero attached hydrogens (tertiary/aromatic N) is 1. The minimum atomic E-state index is 0.240. The van der Waals surface area contributed by atoms with E-state index in [2.05, 4.69) is 4.90 Å². The number of ether oxygens (including phenoxy) is 3. The summed E-state index contributed by atoms with van der Waals surface area (Å²) < 4.78 is 16.2. The van der Waals surface area contributed by atoms with Crippen molar-refractivity contribution in [3.63, 3.8) is 0 Å². The highest BCUT2D eigenvalue weighted by Crippen LogP contribution is 2.36. The van der Waals surface area contributed by atoms with E-state index >= 15 is 0 Å². The molecule has 1 N–H and O–H groups in total. The van der Waals surface area contributed by atoms with Gasteiger partial charge in [-0.3, -0.25) is 4.90 Å². The molecule has 0 bridgehead atoms. The summed E-state index contributed by atoms with van der Waals surface area (Å²) in [4.78, 5) is 2.40. The lowest BCUT2D eigenvalue weighted by Gasteiger charge is -2.25. The average Bonchev–Trinajstić information content (AvgIpc) is 2.94. The molecule has 21 heavy (non-hydrogen) atoms. The highest BCUT2D eigenvalue weighted by atomic mass is 16.5. The third-order valence-corrected chi connectivity index (χ3v) is 4.12. The Morgan fingerprint density at radius 2 is 1.76 bits per heavy atom. The maximum atomic E-state index is 9.17. The zero-order valence-corrected chi connectivity index (χ0v) is 13.1. The first kappa shape index (κ1) is 15.9. The Morgan fingerprint density at radius 1 is 1.10 bits per heavy atom. The minimum Gasteiger partial charge on any atom is -0.496 e. The Hall–Kier alpha value is -1.46. The Bertz CT molecular complexity index is 464. The molecule has 0 aromatic heterocycles. The van der Waals surface area contributed by atoms with Gasteiger partial charge in [0.25, 0.3) is 0 Å². The molecule has 1 heterocycles. The summed E-state index contributed by atoms with van der Waals surface area (Å²) >= 11 is 0. The molecular weight excluding hydrogens is 270 g/mol. The van der Waals surface area contributed by atoms with Gasteiger partial charge in [-0.1, -0.05) is 0 Å². The topological polar surface area (TPSA) is 51.2 Å². The van der Waals surface area contributed by atoms with Crippen LogP contribution in [-0.2, 0) is 6.54 Å². The predicted molar refractivity (Wildman–Crippen MR) is 81.2 cm³/mol. The van der Waals surface area contributed by atoms with Gasteiger partial charge in [-0.05, 0) is 31.9 Å². The van der Waals surface area contributed by atoms with Gasteiger partial charge in [0.05, 0.1) is 21.3 Å². The third kappa shape index (κ3) is 3.60. The highest BCUT2D eigenvalue weighted by Gasteiger charge is 2.25. The first-order chi connectivity index (χ1) is 10.2. The van der Waals surface area contributed by atoms with Gasteiger partial charge < -0.3 is 19.3 Å². The molecule has 1 aromatic rings. The van der Waals surface area contributed by atoms with Crippen LogP contribution in [0.15, 0.2) is 12.1 Å². The summed E-state index contributed by atoms with van der Waals surface area (Å²) in [5.41, 5.74) is 1.08. The molecule has 1 saturated heterocycles. The monoisotopic (exact) mass is 295 g/mol. The summed E-state index contributed by atoms with van der Waals surface area (Å²) in [5.74, 6) is 2.19. The van der Waals surface area contributed by atoms with Crippen LogP contribution in [0.5, 0.6) is 17.2 Å². The van der Waals surface area contributed by atoms with E-state index in [4.69, 9.17) is 14.2 Å². The van der Waals surface area contributed by atoms with Crippen LogP contribution >= 0.6 is 0 Å². The maximum absolute atomic E-state index is 9.17. The number of aliphatic hydroxyl groups is 1. The van der Waals surface area contributed by atoms with Gasteiger partial charge in [-0.2, -0.15) is 0 Å². The molecule has 1 fully saturated rings. The Balaban J connectivity index is 2.22.